The number of nitrogens with zero attached hydrogens (tertiary/aromatic N) is 2. The van der Waals surface area contributed by atoms with Crippen molar-refractivity contribution >= 4 is 17.4 Å². The lowest BCUT2D eigenvalue weighted by Gasteiger charge is -2.20. The number of aryl methyl sites for hydroxylation is 1. The Bertz CT molecular complexity index is 926. The zero-order chi connectivity index (χ0) is 20.1. The third-order valence-electron chi connectivity index (χ3n) is 3.94. The van der Waals surface area contributed by atoms with Crippen molar-refractivity contribution in [3.63, 3.8) is 0 Å². The monoisotopic (exact) mass is 395 g/mol. The zero-order valence-electron chi connectivity index (χ0n) is 16.7. The lowest BCUT2D eigenvalue weighted by atomic mass is 10.1. The average Bonchev–Trinajstić information content (AvgIpc) is 3.04. The first kappa shape index (κ1) is 20.0. The van der Waals surface area contributed by atoms with Gasteiger partial charge in [-0.25, -0.2) is 0 Å². The van der Waals surface area contributed by atoms with Gasteiger partial charge in [0, 0.05) is 23.5 Å². The topological polar surface area (TPSA) is 64.1 Å². The lowest BCUT2D eigenvalue weighted by Crippen LogP contribution is -2.41. The zero-order valence-corrected chi connectivity index (χ0v) is 17.5. The van der Waals surface area contributed by atoms with Crippen molar-refractivity contribution < 1.29 is 9.53 Å². The predicted octanol–water partition coefficient (Wildman–Crippen LogP) is 4.69. The normalized spacial score (nSPS) is 11.3. The van der Waals surface area contributed by atoms with Crippen LogP contribution in [0.25, 0.3) is 0 Å². The van der Waals surface area contributed by atoms with E-state index in [1.165, 1.54) is 22.7 Å². The van der Waals surface area contributed by atoms with Crippen molar-refractivity contribution in [3.05, 3.63) is 71.0 Å². The van der Waals surface area contributed by atoms with Crippen LogP contribution < -0.4 is 10.1 Å². The highest BCUT2D eigenvalue weighted by Crippen LogP contribution is 2.24. The molecule has 146 valence electrons. The largest absolute Gasteiger partial charge is 0.430 e. The molecule has 1 aromatic heterocycles. The van der Waals surface area contributed by atoms with Crippen LogP contribution in [-0.4, -0.2) is 20.8 Å². The second kappa shape index (κ2) is 8.52. The summed E-state index contributed by atoms with van der Waals surface area (Å²) in [6, 6.07) is 15.8. The third kappa shape index (κ3) is 6.16. The first-order valence-electron chi connectivity index (χ1n) is 9.23. The molecule has 0 fully saturated rings. The highest BCUT2D eigenvalue weighted by molar-refractivity contribution is 7.07. The molecule has 0 aliphatic carbocycles. The number of ether oxygens (including phenoxy) is 1. The molecule has 0 saturated heterocycles. The van der Waals surface area contributed by atoms with E-state index < -0.39 is 0 Å². The molecule has 0 bridgehead atoms. The number of hydrogen-bond acceptors (Lipinski definition) is 5. The fraction of sp³-hybridized carbons (Fsp3) is 0.318. The highest BCUT2D eigenvalue weighted by Gasteiger charge is 2.14. The molecule has 3 aromatic rings. The summed E-state index contributed by atoms with van der Waals surface area (Å²) in [4.78, 5) is 16.5. The second-order valence-electron chi connectivity index (χ2n) is 7.86. The number of carbonyl (C=O) groups excluding carboxylic acids is 1. The van der Waals surface area contributed by atoms with Gasteiger partial charge >= 0.3 is 0 Å². The van der Waals surface area contributed by atoms with Gasteiger partial charge in [-0.1, -0.05) is 42.0 Å². The van der Waals surface area contributed by atoms with Crippen LogP contribution in [-0.2, 0) is 17.6 Å². The molecule has 0 aliphatic rings. The molecule has 3 rings (SSSR count). The first-order valence-corrected chi connectivity index (χ1v) is 10.0. The molecular formula is C22H25N3O2S. The van der Waals surface area contributed by atoms with Gasteiger partial charge < -0.3 is 10.1 Å². The molecule has 5 nitrogen and oxygen atoms in total. The fourth-order valence-corrected chi connectivity index (χ4v) is 3.23. The minimum absolute atomic E-state index is 0.00559. The van der Waals surface area contributed by atoms with E-state index in [1.54, 1.807) is 0 Å². The Labute approximate surface area is 170 Å². The van der Waals surface area contributed by atoms with Crippen LogP contribution in [0.3, 0.4) is 0 Å². The summed E-state index contributed by atoms with van der Waals surface area (Å²) in [5.74, 6) is 1.43. The summed E-state index contributed by atoms with van der Waals surface area (Å²) in [6.07, 6.45) is 1.03. The number of aromatic nitrogens is 2. The van der Waals surface area contributed by atoms with Crippen molar-refractivity contribution in [1.82, 2.24) is 14.7 Å². The van der Waals surface area contributed by atoms with Gasteiger partial charge in [-0.15, -0.1) is 0 Å². The number of benzene rings is 2. The van der Waals surface area contributed by atoms with Crippen LogP contribution in [0.15, 0.2) is 48.5 Å². The van der Waals surface area contributed by atoms with E-state index >= 15 is 0 Å². The number of carbonyl (C=O) groups is 1. The van der Waals surface area contributed by atoms with E-state index in [1.807, 2.05) is 45.0 Å². The van der Waals surface area contributed by atoms with Crippen molar-refractivity contribution in [2.75, 3.05) is 0 Å². The molecule has 1 heterocycles. The van der Waals surface area contributed by atoms with E-state index in [9.17, 15) is 4.79 Å². The molecule has 0 radical (unpaired) electrons. The molecule has 0 spiro atoms. The molecule has 1 N–H and O–H groups in total. The Kier molecular flexibility index (Phi) is 6.09. The molecule has 1 amide bonds. The Morgan fingerprint density at radius 3 is 2.32 bits per heavy atom. The maximum Gasteiger partial charge on any atom is 0.298 e. The molecule has 2 aromatic carbocycles. The van der Waals surface area contributed by atoms with Gasteiger partial charge in [0.25, 0.3) is 5.19 Å². The van der Waals surface area contributed by atoms with Crippen molar-refractivity contribution in [2.24, 2.45) is 0 Å². The molecule has 0 atom stereocenters. The maximum absolute atomic E-state index is 12.0. The minimum atomic E-state index is -0.228. The summed E-state index contributed by atoms with van der Waals surface area (Å²) >= 11 is 1.24. The Hall–Kier alpha value is -2.73. The van der Waals surface area contributed by atoms with E-state index in [0.717, 1.165) is 11.4 Å². The molecule has 0 unspecified atom stereocenters. The minimum Gasteiger partial charge on any atom is -0.430 e. The van der Waals surface area contributed by atoms with E-state index in [2.05, 4.69) is 45.9 Å². The smallest absolute Gasteiger partial charge is 0.298 e. The van der Waals surface area contributed by atoms with Crippen LogP contribution in [0.1, 0.15) is 43.3 Å². The molecule has 0 saturated carbocycles. The number of nitrogens with one attached hydrogen (secondary N) is 1. The van der Waals surface area contributed by atoms with Gasteiger partial charge in [0.05, 0.1) is 6.42 Å². The van der Waals surface area contributed by atoms with Crippen molar-refractivity contribution in [2.45, 2.75) is 46.1 Å². The van der Waals surface area contributed by atoms with E-state index in [0.29, 0.717) is 23.8 Å². The lowest BCUT2D eigenvalue weighted by molar-refractivity contribution is -0.121. The molecule has 28 heavy (non-hydrogen) atoms. The quantitative estimate of drug-likeness (QED) is 0.658. The number of rotatable bonds is 6. The van der Waals surface area contributed by atoms with Crippen LogP contribution in [0.2, 0.25) is 0 Å². The second-order valence-corrected chi connectivity index (χ2v) is 8.57. The number of amides is 1. The van der Waals surface area contributed by atoms with Crippen LogP contribution in [0.5, 0.6) is 10.9 Å². The van der Waals surface area contributed by atoms with Gasteiger partial charge in [0.15, 0.2) is 5.82 Å². The van der Waals surface area contributed by atoms with Gasteiger partial charge in [0.1, 0.15) is 5.75 Å². The summed E-state index contributed by atoms with van der Waals surface area (Å²) in [5.41, 5.74) is 3.12. The van der Waals surface area contributed by atoms with Crippen LogP contribution in [0.4, 0.5) is 0 Å². The van der Waals surface area contributed by atoms with Gasteiger partial charge in [-0.2, -0.15) is 9.36 Å². The summed E-state index contributed by atoms with van der Waals surface area (Å²) in [5, 5.41) is 3.48. The summed E-state index contributed by atoms with van der Waals surface area (Å²) in [6.45, 7) is 7.98. The Morgan fingerprint density at radius 2 is 1.68 bits per heavy atom. The first-order chi connectivity index (χ1) is 13.3. The molecule has 0 aliphatic heterocycles. The summed E-state index contributed by atoms with van der Waals surface area (Å²) in [7, 11) is 0. The van der Waals surface area contributed by atoms with Crippen LogP contribution >= 0.6 is 11.5 Å². The third-order valence-corrected chi connectivity index (χ3v) is 4.57. The number of hydrogen-bond donors (Lipinski definition) is 1. The van der Waals surface area contributed by atoms with E-state index in [-0.39, 0.29) is 11.4 Å². The predicted molar refractivity (Wildman–Crippen MR) is 112 cm³/mol. The van der Waals surface area contributed by atoms with Crippen molar-refractivity contribution in [3.8, 4) is 10.9 Å². The highest BCUT2D eigenvalue weighted by atomic mass is 32.1. The van der Waals surface area contributed by atoms with Crippen LogP contribution in [0, 0.1) is 6.92 Å². The fourth-order valence-electron chi connectivity index (χ4n) is 2.66. The maximum atomic E-state index is 12.0. The van der Waals surface area contributed by atoms with Gasteiger partial charge in [-0.05, 0) is 51.0 Å². The van der Waals surface area contributed by atoms with Gasteiger partial charge in [0.2, 0.25) is 5.91 Å². The van der Waals surface area contributed by atoms with Gasteiger partial charge in [-0.3, -0.25) is 4.79 Å². The Balaban J connectivity index is 1.56. The average molecular weight is 396 g/mol. The van der Waals surface area contributed by atoms with E-state index in [4.69, 9.17) is 4.74 Å². The van der Waals surface area contributed by atoms with Crippen molar-refractivity contribution in [1.29, 1.82) is 0 Å². The molecular weight excluding hydrogens is 370 g/mol. The molecule has 6 heteroatoms. The Morgan fingerprint density at radius 1 is 1.04 bits per heavy atom. The SMILES string of the molecule is Cc1ccc(Cc2nsc(Oc3ccc(CC(=O)NC(C)(C)C)cc3)n2)cc1. The summed E-state index contributed by atoms with van der Waals surface area (Å²) < 4.78 is 10.2. The standard InChI is InChI=1S/C22H25N3O2S/c1-15-5-7-16(8-6-15)13-19-23-21(28-25-19)27-18-11-9-17(10-12-18)14-20(26)24-22(2,3)4/h5-12H,13-14H2,1-4H3,(H,24,26).